The molecule has 0 saturated carbocycles. The van der Waals surface area contributed by atoms with Gasteiger partial charge < -0.3 is 10.6 Å². The van der Waals surface area contributed by atoms with Crippen molar-refractivity contribution in [2.45, 2.75) is 37.3 Å². The smallest absolute Gasteiger partial charge is 0.265 e. The van der Waals surface area contributed by atoms with Crippen molar-refractivity contribution < 1.29 is 9.59 Å². The lowest BCUT2D eigenvalue weighted by Gasteiger charge is -2.17. The summed E-state index contributed by atoms with van der Waals surface area (Å²) in [5.41, 5.74) is 3.81. The van der Waals surface area contributed by atoms with E-state index < -0.39 is 0 Å². The van der Waals surface area contributed by atoms with Gasteiger partial charge in [0, 0.05) is 16.3 Å². The van der Waals surface area contributed by atoms with Crippen LogP contribution in [-0.2, 0) is 4.79 Å². The SMILES string of the molecule is CCC(Sc1cccc(NC(=O)c2cccs2)c1)C(=O)Nc1cccc(C)c1C. The van der Waals surface area contributed by atoms with Crippen LogP contribution in [0.25, 0.3) is 0 Å². The minimum Gasteiger partial charge on any atom is -0.325 e. The molecule has 1 atom stereocenters. The molecule has 6 heteroatoms. The Morgan fingerprint density at radius 2 is 1.83 bits per heavy atom. The molecule has 3 aromatic rings. The van der Waals surface area contributed by atoms with Gasteiger partial charge in [-0.25, -0.2) is 0 Å². The maximum atomic E-state index is 12.8. The number of benzene rings is 2. The molecule has 0 fully saturated rings. The monoisotopic (exact) mass is 424 g/mol. The zero-order valence-electron chi connectivity index (χ0n) is 16.7. The summed E-state index contributed by atoms with van der Waals surface area (Å²) < 4.78 is 0. The van der Waals surface area contributed by atoms with Gasteiger partial charge in [0.2, 0.25) is 5.91 Å². The summed E-state index contributed by atoms with van der Waals surface area (Å²) in [6, 6.07) is 17.2. The molecule has 0 saturated heterocycles. The van der Waals surface area contributed by atoms with E-state index in [-0.39, 0.29) is 17.1 Å². The molecule has 0 aliphatic rings. The lowest BCUT2D eigenvalue weighted by Crippen LogP contribution is -2.25. The first kappa shape index (κ1) is 21.1. The molecule has 0 radical (unpaired) electrons. The van der Waals surface area contributed by atoms with Crippen molar-refractivity contribution in [3.63, 3.8) is 0 Å². The second-order valence-electron chi connectivity index (χ2n) is 6.71. The van der Waals surface area contributed by atoms with Crippen LogP contribution in [-0.4, -0.2) is 17.1 Å². The van der Waals surface area contributed by atoms with Gasteiger partial charge in [0.15, 0.2) is 0 Å². The van der Waals surface area contributed by atoms with Crippen LogP contribution >= 0.6 is 23.1 Å². The molecule has 4 nitrogen and oxygen atoms in total. The van der Waals surface area contributed by atoms with Crippen LogP contribution < -0.4 is 10.6 Å². The zero-order chi connectivity index (χ0) is 20.8. The third-order valence-corrected chi connectivity index (χ3v) is 6.87. The van der Waals surface area contributed by atoms with Crippen molar-refractivity contribution in [2.75, 3.05) is 10.6 Å². The molecule has 1 heterocycles. The number of thioether (sulfide) groups is 1. The number of anilines is 2. The summed E-state index contributed by atoms with van der Waals surface area (Å²) in [5, 5.41) is 7.63. The van der Waals surface area contributed by atoms with Crippen LogP contribution in [0, 0.1) is 13.8 Å². The van der Waals surface area contributed by atoms with E-state index in [0.717, 1.165) is 27.4 Å². The number of amides is 2. The number of carbonyl (C=O) groups is 2. The van der Waals surface area contributed by atoms with Gasteiger partial charge in [-0.1, -0.05) is 31.2 Å². The molecule has 29 heavy (non-hydrogen) atoms. The molecular formula is C23H24N2O2S2. The van der Waals surface area contributed by atoms with Gasteiger partial charge in [0.25, 0.3) is 5.91 Å². The second kappa shape index (κ2) is 9.76. The number of thiophene rings is 1. The van der Waals surface area contributed by atoms with E-state index in [1.165, 1.54) is 23.1 Å². The summed E-state index contributed by atoms with van der Waals surface area (Å²) in [4.78, 5) is 26.7. The summed E-state index contributed by atoms with van der Waals surface area (Å²) in [6.45, 7) is 6.05. The van der Waals surface area contributed by atoms with E-state index in [4.69, 9.17) is 0 Å². The average molecular weight is 425 g/mol. The van der Waals surface area contributed by atoms with E-state index in [1.807, 2.05) is 74.7 Å². The molecule has 0 aliphatic carbocycles. The standard InChI is InChI=1S/C23H24N2O2S2/c1-4-20(22(26)25-19-11-5-8-15(2)16(19)3)29-18-10-6-9-17(14-18)24-23(27)21-12-7-13-28-21/h5-14,20H,4H2,1-3H3,(H,24,27)(H,25,26). The Morgan fingerprint density at radius 1 is 1.03 bits per heavy atom. The molecule has 2 N–H and O–H groups in total. The largest absolute Gasteiger partial charge is 0.325 e. The van der Waals surface area contributed by atoms with E-state index in [1.54, 1.807) is 6.07 Å². The van der Waals surface area contributed by atoms with E-state index in [9.17, 15) is 9.59 Å². The van der Waals surface area contributed by atoms with Crippen molar-refractivity contribution in [2.24, 2.45) is 0 Å². The Balaban J connectivity index is 1.68. The number of hydrogen-bond donors (Lipinski definition) is 2. The maximum absolute atomic E-state index is 12.8. The number of aryl methyl sites for hydroxylation is 1. The quantitative estimate of drug-likeness (QED) is 0.449. The summed E-state index contributed by atoms with van der Waals surface area (Å²) in [7, 11) is 0. The molecule has 1 aromatic heterocycles. The van der Waals surface area contributed by atoms with Gasteiger partial charge in [-0.15, -0.1) is 23.1 Å². The lowest BCUT2D eigenvalue weighted by molar-refractivity contribution is -0.115. The van der Waals surface area contributed by atoms with Gasteiger partial charge in [0.1, 0.15) is 0 Å². The van der Waals surface area contributed by atoms with Crippen molar-refractivity contribution in [1.82, 2.24) is 0 Å². The summed E-state index contributed by atoms with van der Waals surface area (Å²) in [6.07, 6.45) is 0.702. The molecular weight excluding hydrogens is 400 g/mol. The zero-order valence-corrected chi connectivity index (χ0v) is 18.3. The van der Waals surface area contributed by atoms with Crippen LogP contribution in [0.1, 0.15) is 34.1 Å². The summed E-state index contributed by atoms with van der Waals surface area (Å²) in [5.74, 6) is -0.138. The molecule has 150 valence electrons. The van der Waals surface area contributed by atoms with Crippen molar-refractivity contribution >= 4 is 46.3 Å². The third kappa shape index (κ3) is 5.49. The highest BCUT2D eigenvalue weighted by atomic mass is 32.2. The molecule has 0 aliphatic heterocycles. The van der Waals surface area contributed by atoms with E-state index in [2.05, 4.69) is 10.6 Å². The predicted molar refractivity (Wildman–Crippen MR) is 123 cm³/mol. The third-order valence-electron chi connectivity index (χ3n) is 4.64. The fourth-order valence-corrected chi connectivity index (χ4v) is 4.47. The van der Waals surface area contributed by atoms with Gasteiger partial charge in [0.05, 0.1) is 10.1 Å². The van der Waals surface area contributed by atoms with Crippen molar-refractivity contribution in [1.29, 1.82) is 0 Å². The topological polar surface area (TPSA) is 58.2 Å². The Labute approximate surface area is 179 Å². The molecule has 0 bridgehead atoms. The minimum atomic E-state index is -0.224. The number of hydrogen-bond acceptors (Lipinski definition) is 4. The number of nitrogens with one attached hydrogen (secondary N) is 2. The first-order valence-corrected chi connectivity index (χ1v) is 11.2. The van der Waals surface area contributed by atoms with Crippen molar-refractivity contribution in [3.8, 4) is 0 Å². The number of carbonyl (C=O) groups excluding carboxylic acids is 2. The minimum absolute atomic E-state index is 0.0146. The average Bonchev–Trinajstić information content (AvgIpc) is 3.25. The molecule has 2 aromatic carbocycles. The maximum Gasteiger partial charge on any atom is 0.265 e. The van der Waals surface area contributed by atoms with E-state index >= 15 is 0 Å². The van der Waals surface area contributed by atoms with Gasteiger partial charge >= 0.3 is 0 Å². The number of rotatable bonds is 7. The van der Waals surface area contributed by atoms with Crippen LogP contribution in [0.15, 0.2) is 64.9 Å². The molecule has 3 rings (SSSR count). The lowest BCUT2D eigenvalue weighted by atomic mass is 10.1. The molecule has 1 unspecified atom stereocenters. The normalized spacial score (nSPS) is 11.7. The van der Waals surface area contributed by atoms with Crippen LogP contribution in [0.2, 0.25) is 0 Å². The van der Waals surface area contributed by atoms with Gasteiger partial charge in [-0.2, -0.15) is 0 Å². The Bertz CT molecular complexity index is 1000. The van der Waals surface area contributed by atoms with Crippen LogP contribution in [0.5, 0.6) is 0 Å². The van der Waals surface area contributed by atoms with Gasteiger partial charge in [-0.3, -0.25) is 9.59 Å². The van der Waals surface area contributed by atoms with Crippen LogP contribution in [0.3, 0.4) is 0 Å². The van der Waals surface area contributed by atoms with Gasteiger partial charge in [-0.05, 0) is 67.1 Å². The highest BCUT2D eigenvalue weighted by Gasteiger charge is 2.19. The summed E-state index contributed by atoms with van der Waals surface area (Å²) >= 11 is 2.91. The molecule has 2 amide bonds. The highest BCUT2D eigenvalue weighted by molar-refractivity contribution is 8.00. The fourth-order valence-electron chi connectivity index (χ4n) is 2.83. The predicted octanol–water partition coefficient (Wildman–Crippen LogP) is 6.13. The highest BCUT2D eigenvalue weighted by Crippen LogP contribution is 2.29. The van der Waals surface area contributed by atoms with Crippen molar-refractivity contribution in [3.05, 3.63) is 76.0 Å². The Hall–Kier alpha value is -2.57. The second-order valence-corrected chi connectivity index (χ2v) is 8.93. The van der Waals surface area contributed by atoms with Crippen LogP contribution in [0.4, 0.5) is 11.4 Å². The van der Waals surface area contributed by atoms with E-state index in [0.29, 0.717) is 11.3 Å². The first-order valence-electron chi connectivity index (χ1n) is 9.46. The molecule has 0 spiro atoms. The fraction of sp³-hybridized carbons (Fsp3) is 0.217. The first-order chi connectivity index (χ1) is 14.0. The Kier molecular flexibility index (Phi) is 7.12. The Morgan fingerprint density at radius 3 is 2.55 bits per heavy atom.